The Morgan fingerprint density at radius 2 is 1.78 bits per heavy atom. The monoisotopic (exact) mass is 383 g/mol. The van der Waals surface area contributed by atoms with Crippen LogP contribution in [0.3, 0.4) is 0 Å². The van der Waals surface area contributed by atoms with Gasteiger partial charge in [-0.2, -0.15) is 13.5 Å². The van der Waals surface area contributed by atoms with E-state index in [0.717, 1.165) is 10.9 Å². The fraction of sp³-hybridized carbons (Fsp3) is 0.0526. The van der Waals surface area contributed by atoms with E-state index in [4.69, 9.17) is 9.92 Å². The highest BCUT2D eigenvalue weighted by atomic mass is 32.2. The molecule has 0 aliphatic carbocycles. The van der Waals surface area contributed by atoms with Crippen molar-refractivity contribution in [3.05, 3.63) is 71.8 Å². The summed E-state index contributed by atoms with van der Waals surface area (Å²) in [5.74, 6) is 0.0873. The van der Waals surface area contributed by atoms with E-state index >= 15 is 0 Å². The number of primary amides is 1. The van der Waals surface area contributed by atoms with Gasteiger partial charge in [0.25, 0.3) is 0 Å². The molecule has 0 atom stereocenters. The van der Waals surface area contributed by atoms with Crippen LogP contribution in [0.5, 0.6) is 5.75 Å². The number of hydrazone groups is 1. The van der Waals surface area contributed by atoms with Crippen LogP contribution in [0.4, 0.5) is 4.79 Å². The predicted molar refractivity (Wildman–Crippen MR) is 103 cm³/mol. The van der Waals surface area contributed by atoms with Crippen LogP contribution in [0.15, 0.2) is 70.7 Å². The number of carbonyl (C=O) groups is 1. The van der Waals surface area contributed by atoms with E-state index in [9.17, 15) is 13.2 Å². The molecule has 3 aromatic rings. The first-order valence-electron chi connectivity index (χ1n) is 7.98. The number of benzene rings is 3. The van der Waals surface area contributed by atoms with Crippen molar-refractivity contribution in [2.24, 2.45) is 10.8 Å². The Kier molecular flexibility index (Phi) is 5.09. The minimum Gasteiger partial charge on any atom is -0.378 e. The molecule has 0 spiro atoms. The largest absolute Gasteiger partial charge is 0.378 e. The molecule has 0 fully saturated rings. The molecular weight excluding hydrogens is 366 g/mol. The van der Waals surface area contributed by atoms with Gasteiger partial charge in [0.1, 0.15) is 4.90 Å². The molecule has 7 nitrogen and oxygen atoms in total. The van der Waals surface area contributed by atoms with E-state index in [1.165, 1.54) is 18.3 Å². The van der Waals surface area contributed by atoms with Gasteiger partial charge >= 0.3 is 16.1 Å². The number of rotatable bonds is 5. The second-order valence-corrected chi connectivity index (χ2v) is 7.33. The van der Waals surface area contributed by atoms with Crippen LogP contribution in [0.2, 0.25) is 0 Å². The number of nitrogens with one attached hydrogen (secondary N) is 1. The van der Waals surface area contributed by atoms with Gasteiger partial charge in [-0.1, -0.05) is 48.0 Å². The standard InChI is InChI=1S/C19H17N3O4S/c1-13-6-9-15(10-7-13)27(24,25)26-18-11-8-14-4-2-3-5-16(14)17(18)12-21-22-19(20)23/h2-12H,1H3,(H3,20,22,23)/b21-12-. The van der Waals surface area contributed by atoms with Crippen LogP contribution in [0.25, 0.3) is 10.8 Å². The molecule has 27 heavy (non-hydrogen) atoms. The Balaban J connectivity index is 2.06. The minimum atomic E-state index is -4.04. The summed E-state index contributed by atoms with van der Waals surface area (Å²) in [7, 11) is -4.04. The predicted octanol–water partition coefficient (Wildman–Crippen LogP) is 2.92. The van der Waals surface area contributed by atoms with E-state index in [1.807, 2.05) is 19.1 Å². The first kappa shape index (κ1) is 18.4. The fourth-order valence-corrected chi connectivity index (χ4v) is 3.46. The Morgan fingerprint density at radius 3 is 2.48 bits per heavy atom. The molecule has 0 saturated heterocycles. The number of hydrogen-bond donors (Lipinski definition) is 2. The van der Waals surface area contributed by atoms with Crippen molar-refractivity contribution >= 4 is 33.1 Å². The van der Waals surface area contributed by atoms with Crippen molar-refractivity contribution in [2.45, 2.75) is 11.8 Å². The highest BCUT2D eigenvalue weighted by Gasteiger charge is 2.19. The molecular formula is C19H17N3O4S. The molecule has 3 N–H and O–H groups in total. The third kappa shape index (κ3) is 4.24. The summed E-state index contributed by atoms with van der Waals surface area (Å²) in [4.78, 5) is 10.9. The topological polar surface area (TPSA) is 111 Å². The quantitative estimate of drug-likeness (QED) is 0.401. The van der Waals surface area contributed by atoms with E-state index in [1.54, 1.807) is 36.4 Å². The lowest BCUT2D eigenvalue weighted by Crippen LogP contribution is -2.24. The zero-order valence-corrected chi connectivity index (χ0v) is 15.2. The lowest BCUT2D eigenvalue weighted by Gasteiger charge is -2.12. The second-order valence-electron chi connectivity index (χ2n) is 5.78. The average Bonchev–Trinajstić information content (AvgIpc) is 2.63. The van der Waals surface area contributed by atoms with Crippen LogP contribution in [-0.4, -0.2) is 20.7 Å². The SMILES string of the molecule is Cc1ccc(S(=O)(=O)Oc2ccc3ccccc3c2/C=N\NC(N)=O)cc1. The maximum absolute atomic E-state index is 12.6. The van der Waals surface area contributed by atoms with Gasteiger partial charge in [-0.3, -0.25) is 0 Å². The average molecular weight is 383 g/mol. The van der Waals surface area contributed by atoms with Crippen molar-refractivity contribution < 1.29 is 17.4 Å². The van der Waals surface area contributed by atoms with Gasteiger partial charge in [0.05, 0.1) is 6.21 Å². The Labute approximate surface area is 156 Å². The molecule has 0 unspecified atom stereocenters. The fourth-order valence-electron chi connectivity index (χ4n) is 2.51. The number of carbonyl (C=O) groups excluding carboxylic acids is 1. The molecule has 138 valence electrons. The van der Waals surface area contributed by atoms with Gasteiger partial charge in [0, 0.05) is 5.56 Å². The highest BCUT2D eigenvalue weighted by molar-refractivity contribution is 7.87. The molecule has 0 radical (unpaired) electrons. The first-order valence-corrected chi connectivity index (χ1v) is 9.39. The normalized spacial score (nSPS) is 11.6. The number of fused-ring (bicyclic) bond motifs is 1. The summed E-state index contributed by atoms with van der Waals surface area (Å²) in [5.41, 5.74) is 8.43. The number of amides is 2. The van der Waals surface area contributed by atoms with Crippen LogP contribution < -0.4 is 15.3 Å². The van der Waals surface area contributed by atoms with Crippen molar-refractivity contribution in [1.29, 1.82) is 0 Å². The van der Waals surface area contributed by atoms with E-state index in [2.05, 4.69) is 10.5 Å². The van der Waals surface area contributed by atoms with E-state index in [-0.39, 0.29) is 10.6 Å². The summed E-state index contributed by atoms with van der Waals surface area (Å²) in [6.45, 7) is 1.86. The second kappa shape index (κ2) is 7.46. The molecule has 0 bridgehead atoms. The number of aryl methyl sites for hydroxylation is 1. The Morgan fingerprint density at radius 1 is 1.07 bits per heavy atom. The third-order valence-corrected chi connectivity index (χ3v) is 5.06. The lowest BCUT2D eigenvalue weighted by atomic mass is 10.0. The molecule has 3 aromatic carbocycles. The summed E-state index contributed by atoms with van der Waals surface area (Å²) in [5, 5.41) is 5.31. The maximum atomic E-state index is 12.6. The maximum Gasteiger partial charge on any atom is 0.339 e. The Bertz CT molecular complexity index is 1120. The third-order valence-electron chi connectivity index (χ3n) is 3.81. The van der Waals surface area contributed by atoms with Gasteiger partial charge in [-0.05, 0) is 35.9 Å². The zero-order chi connectivity index (χ0) is 19.4. The van der Waals surface area contributed by atoms with E-state index < -0.39 is 16.1 Å². The number of nitrogens with two attached hydrogens (primary N) is 1. The molecule has 8 heteroatoms. The number of urea groups is 1. The smallest absolute Gasteiger partial charge is 0.339 e. The highest BCUT2D eigenvalue weighted by Crippen LogP contribution is 2.29. The summed E-state index contributed by atoms with van der Waals surface area (Å²) < 4.78 is 30.6. The molecule has 0 aromatic heterocycles. The lowest BCUT2D eigenvalue weighted by molar-refractivity contribution is 0.249. The van der Waals surface area contributed by atoms with E-state index in [0.29, 0.717) is 10.9 Å². The molecule has 2 amide bonds. The summed E-state index contributed by atoms with van der Waals surface area (Å²) >= 11 is 0. The first-order chi connectivity index (χ1) is 12.9. The van der Waals surface area contributed by atoms with Crippen LogP contribution in [0.1, 0.15) is 11.1 Å². The van der Waals surface area contributed by atoms with Crippen molar-refractivity contribution in [2.75, 3.05) is 0 Å². The van der Waals surface area contributed by atoms with Crippen molar-refractivity contribution in [3.63, 3.8) is 0 Å². The molecule has 0 heterocycles. The summed E-state index contributed by atoms with van der Waals surface area (Å²) in [6.07, 6.45) is 1.30. The minimum absolute atomic E-state index is 0.0411. The van der Waals surface area contributed by atoms with Crippen LogP contribution >= 0.6 is 0 Å². The van der Waals surface area contributed by atoms with Gasteiger partial charge < -0.3 is 9.92 Å². The number of hydrogen-bond acceptors (Lipinski definition) is 5. The molecule has 0 aliphatic heterocycles. The van der Waals surface area contributed by atoms with Crippen LogP contribution in [-0.2, 0) is 10.1 Å². The Hall–Kier alpha value is -3.39. The van der Waals surface area contributed by atoms with Gasteiger partial charge in [0.15, 0.2) is 5.75 Å². The summed E-state index contributed by atoms with van der Waals surface area (Å²) in [6, 6.07) is 16.1. The zero-order valence-electron chi connectivity index (χ0n) is 14.4. The van der Waals surface area contributed by atoms with Crippen molar-refractivity contribution in [3.8, 4) is 5.75 Å². The van der Waals surface area contributed by atoms with Gasteiger partial charge in [-0.15, -0.1) is 0 Å². The van der Waals surface area contributed by atoms with Gasteiger partial charge in [-0.25, -0.2) is 10.2 Å². The molecule has 3 rings (SSSR count). The number of nitrogens with zero attached hydrogens (tertiary/aromatic N) is 1. The molecule has 0 aliphatic rings. The van der Waals surface area contributed by atoms with Gasteiger partial charge in [0.2, 0.25) is 0 Å². The van der Waals surface area contributed by atoms with Crippen LogP contribution in [0, 0.1) is 6.92 Å². The van der Waals surface area contributed by atoms with Crippen molar-refractivity contribution in [1.82, 2.24) is 5.43 Å². The molecule has 0 saturated carbocycles.